The summed E-state index contributed by atoms with van der Waals surface area (Å²) in [5.74, 6) is 0.709. The number of benzene rings is 2. The molecule has 1 amide bonds. The first-order chi connectivity index (χ1) is 14.8. The lowest BCUT2D eigenvalue weighted by molar-refractivity contribution is -0.132. The second kappa shape index (κ2) is 8.40. The van der Waals surface area contributed by atoms with Crippen molar-refractivity contribution in [2.75, 3.05) is 13.1 Å². The van der Waals surface area contributed by atoms with Crippen LogP contribution in [-0.2, 0) is 11.2 Å². The van der Waals surface area contributed by atoms with E-state index in [1.54, 1.807) is 11.3 Å². The zero-order chi connectivity index (χ0) is 20.3. The summed E-state index contributed by atoms with van der Waals surface area (Å²) in [7, 11) is 0. The fourth-order valence-corrected chi connectivity index (χ4v) is 5.20. The number of likely N-dealkylation sites (tertiary alicyclic amines) is 1. The van der Waals surface area contributed by atoms with E-state index in [4.69, 9.17) is 4.98 Å². The van der Waals surface area contributed by atoms with E-state index in [1.165, 1.54) is 9.71 Å². The summed E-state index contributed by atoms with van der Waals surface area (Å²) in [4.78, 5) is 19.6. The number of carbonyl (C=O) groups is 1. The Balaban J connectivity index is 1.14. The first-order valence-corrected chi connectivity index (χ1v) is 11.3. The van der Waals surface area contributed by atoms with Crippen LogP contribution in [0, 0.1) is 0 Å². The summed E-state index contributed by atoms with van der Waals surface area (Å²) in [5, 5.41) is 5.64. The van der Waals surface area contributed by atoms with Gasteiger partial charge in [-0.15, -0.1) is 11.3 Å². The Morgan fingerprint density at radius 3 is 2.60 bits per heavy atom. The molecule has 0 bridgehead atoms. The molecule has 0 unspecified atom stereocenters. The minimum Gasteiger partial charge on any atom is -0.343 e. The molecule has 0 N–H and O–H groups in total. The van der Waals surface area contributed by atoms with Gasteiger partial charge in [-0.1, -0.05) is 30.3 Å². The predicted molar refractivity (Wildman–Crippen MR) is 120 cm³/mol. The Bertz CT molecular complexity index is 1110. The maximum Gasteiger partial charge on any atom is 0.222 e. The maximum absolute atomic E-state index is 12.7. The van der Waals surface area contributed by atoms with E-state index in [0.717, 1.165) is 49.1 Å². The Kier molecular flexibility index (Phi) is 5.32. The van der Waals surface area contributed by atoms with Gasteiger partial charge in [-0.3, -0.25) is 4.79 Å². The summed E-state index contributed by atoms with van der Waals surface area (Å²) >= 11 is 1.80. The maximum atomic E-state index is 12.7. The normalized spacial score (nSPS) is 15.0. The van der Waals surface area contributed by atoms with Gasteiger partial charge in [-0.25, -0.2) is 9.67 Å². The van der Waals surface area contributed by atoms with Gasteiger partial charge < -0.3 is 4.90 Å². The highest BCUT2D eigenvalue weighted by atomic mass is 32.1. The number of hydrogen-bond acceptors (Lipinski definition) is 4. The molecule has 2 aromatic heterocycles. The molecule has 5 nitrogen and oxygen atoms in total. The van der Waals surface area contributed by atoms with Crippen LogP contribution >= 0.6 is 11.3 Å². The van der Waals surface area contributed by atoms with Crippen LogP contribution in [0.4, 0.5) is 0 Å². The molecule has 4 aromatic rings. The molecule has 0 aliphatic carbocycles. The third-order valence-corrected chi connectivity index (χ3v) is 6.99. The van der Waals surface area contributed by atoms with Crippen LogP contribution in [0.3, 0.4) is 0 Å². The Morgan fingerprint density at radius 1 is 1.03 bits per heavy atom. The number of hydrogen-bond donors (Lipinski definition) is 0. The number of aryl methyl sites for hydroxylation is 1. The van der Waals surface area contributed by atoms with Crippen molar-refractivity contribution < 1.29 is 4.79 Å². The molecule has 2 aromatic carbocycles. The monoisotopic (exact) mass is 416 g/mol. The van der Waals surface area contributed by atoms with Crippen LogP contribution in [0.5, 0.6) is 0 Å². The van der Waals surface area contributed by atoms with Crippen molar-refractivity contribution in [3.05, 3.63) is 77.6 Å². The van der Waals surface area contributed by atoms with Crippen molar-refractivity contribution in [2.45, 2.75) is 31.6 Å². The number of thiazole rings is 1. The van der Waals surface area contributed by atoms with Gasteiger partial charge in [-0.2, -0.15) is 5.10 Å². The highest BCUT2D eigenvalue weighted by Crippen LogP contribution is 2.33. The number of piperidine rings is 1. The van der Waals surface area contributed by atoms with Crippen LogP contribution in [0.15, 0.2) is 67.0 Å². The molecular formula is C24H24N4OS. The first kappa shape index (κ1) is 19.0. The average Bonchev–Trinajstić information content (AvgIpc) is 3.45. The quantitative estimate of drug-likeness (QED) is 0.469. The zero-order valence-corrected chi connectivity index (χ0v) is 17.6. The molecule has 0 atom stereocenters. The van der Waals surface area contributed by atoms with Crippen molar-refractivity contribution in [2.24, 2.45) is 0 Å². The lowest BCUT2D eigenvalue weighted by atomic mass is 9.97. The van der Waals surface area contributed by atoms with E-state index in [9.17, 15) is 4.79 Å². The standard InChI is InChI=1S/C24H24N4OS/c29-23(11-10-18-16-25-28(17-18)20-6-2-1-3-7-20)27-14-12-19(13-15-27)24-26-21-8-4-5-9-22(21)30-24/h1-9,16-17,19H,10-15H2. The number of fused-ring (bicyclic) bond motifs is 1. The fraction of sp³-hybridized carbons (Fsp3) is 0.292. The van der Waals surface area contributed by atoms with Gasteiger partial charge >= 0.3 is 0 Å². The number of carbonyl (C=O) groups excluding carboxylic acids is 1. The number of aromatic nitrogens is 3. The van der Waals surface area contributed by atoms with Crippen molar-refractivity contribution >= 4 is 27.5 Å². The number of rotatable bonds is 5. The SMILES string of the molecule is O=C(CCc1cnn(-c2ccccc2)c1)N1CCC(c2nc3ccccc3s2)CC1. The van der Waals surface area contributed by atoms with Crippen LogP contribution < -0.4 is 0 Å². The lowest BCUT2D eigenvalue weighted by Crippen LogP contribution is -2.38. The van der Waals surface area contributed by atoms with Gasteiger partial charge in [0.05, 0.1) is 27.1 Å². The molecule has 0 radical (unpaired) electrons. The van der Waals surface area contributed by atoms with Crippen LogP contribution in [0.1, 0.15) is 35.8 Å². The number of para-hydroxylation sites is 2. The van der Waals surface area contributed by atoms with E-state index in [0.29, 0.717) is 12.3 Å². The molecule has 1 fully saturated rings. The predicted octanol–water partition coefficient (Wildman–Crippen LogP) is 4.82. The summed E-state index contributed by atoms with van der Waals surface area (Å²) in [6, 6.07) is 18.4. The largest absolute Gasteiger partial charge is 0.343 e. The topological polar surface area (TPSA) is 51.0 Å². The molecule has 1 aliphatic rings. The van der Waals surface area contributed by atoms with Crippen LogP contribution in [0.25, 0.3) is 15.9 Å². The van der Waals surface area contributed by atoms with E-state index < -0.39 is 0 Å². The van der Waals surface area contributed by atoms with E-state index in [1.807, 2.05) is 58.4 Å². The van der Waals surface area contributed by atoms with Crippen molar-refractivity contribution in [3.8, 4) is 5.69 Å². The summed E-state index contributed by atoms with van der Waals surface area (Å²) in [6.45, 7) is 1.64. The Labute approximate surface area is 180 Å². The molecule has 30 heavy (non-hydrogen) atoms. The number of nitrogens with zero attached hydrogens (tertiary/aromatic N) is 4. The smallest absolute Gasteiger partial charge is 0.222 e. The highest BCUT2D eigenvalue weighted by molar-refractivity contribution is 7.18. The highest BCUT2D eigenvalue weighted by Gasteiger charge is 2.25. The Hall–Kier alpha value is -2.99. The molecule has 152 valence electrons. The average molecular weight is 417 g/mol. The Morgan fingerprint density at radius 2 is 1.80 bits per heavy atom. The van der Waals surface area contributed by atoms with Crippen molar-refractivity contribution in [1.29, 1.82) is 0 Å². The molecule has 0 spiro atoms. The van der Waals surface area contributed by atoms with Gasteiger partial charge in [0.1, 0.15) is 0 Å². The van der Waals surface area contributed by atoms with Gasteiger partial charge in [0.2, 0.25) is 5.91 Å². The second-order valence-electron chi connectivity index (χ2n) is 7.80. The fourth-order valence-electron chi connectivity index (χ4n) is 4.06. The summed E-state index contributed by atoms with van der Waals surface area (Å²) in [5.41, 5.74) is 3.22. The van der Waals surface area contributed by atoms with Gasteiger partial charge in [0.15, 0.2) is 0 Å². The molecule has 5 rings (SSSR count). The summed E-state index contributed by atoms with van der Waals surface area (Å²) < 4.78 is 3.12. The zero-order valence-electron chi connectivity index (χ0n) is 16.8. The van der Waals surface area contributed by atoms with Gasteiger partial charge in [-0.05, 0) is 49.1 Å². The molecular weight excluding hydrogens is 392 g/mol. The summed E-state index contributed by atoms with van der Waals surface area (Å²) in [6.07, 6.45) is 7.13. The minimum atomic E-state index is 0.241. The third kappa shape index (κ3) is 4.00. The molecule has 1 saturated heterocycles. The van der Waals surface area contributed by atoms with Crippen molar-refractivity contribution in [3.63, 3.8) is 0 Å². The van der Waals surface area contributed by atoms with Gasteiger partial charge in [0, 0.05) is 31.6 Å². The van der Waals surface area contributed by atoms with Crippen LogP contribution in [0.2, 0.25) is 0 Å². The second-order valence-corrected chi connectivity index (χ2v) is 8.87. The van der Waals surface area contributed by atoms with E-state index in [2.05, 4.69) is 23.3 Å². The minimum absolute atomic E-state index is 0.241. The third-order valence-electron chi connectivity index (χ3n) is 5.79. The van der Waals surface area contributed by atoms with E-state index >= 15 is 0 Å². The van der Waals surface area contributed by atoms with Crippen molar-refractivity contribution in [1.82, 2.24) is 19.7 Å². The molecule has 6 heteroatoms. The molecule has 1 aliphatic heterocycles. The first-order valence-electron chi connectivity index (χ1n) is 10.5. The molecule has 3 heterocycles. The van der Waals surface area contributed by atoms with Crippen LogP contribution in [-0.4, -0.2) is 38.7 Å². The molecule has 0 saturated carbocycles. The van der Waals surface area contributed by atoms with E-state index in [-0.39, 0.29) is 5.91 Å². The van der Waals surface area contributed by atoms with Gasteiger partial charge in [0.25, 0.3) is 0 Å². The lowest BCUT2D eigenvalue weighted by Gasteiger charge is -2.31. The number of amides is 1.